The molecule has 2 atom stereocenters. The van der Waals surface area contributed by atoms with Gasteiger partial charge in [0.15, 0.2) is 22.5 Å². The maximum atomic E-state index is 12.3. The van der Waals surface area contributed by atoms with Gasteiger partial charge in [-0.15, -0.1) is 0 Å². The Bertz CT molecular complexity index is 1160. The van der Waals surface area contributed by atoms with Gasteiger partial charge in [-0.2, -0.15) is 0 Å². The molecule has 0 bridgehead atoms. The number of carbonyl (C=O) groups excluding carboxylic acids is 1. The van der Waals surface area contributed by atoms with Gasteiger partial charge in [-0.3, -0.25) is 19.4 Å². The fraction of sp³-hybridized carbons (Fsp3) is 0.538. The molecule has 1 amide bonds. The molecule has 0 aliphatic carbocycles. The van der Waals surface area contributed by atoms with Gasteiger partial charge in [-0.25, -0.2) is 9.97 Å². The number of nitrogens with one attached hydrogen (secondary N) is 1. The summed E-state index contributed by atoms with van der Waals surface area (Å²) < 4.78 is 0. The molecule has 2 aliphatic rings. The minimum absolute atomic E-state index is 0.0126. The highest BCUT2D eigenvalue weighted by Crippen LogP contribution is 2.32. The van der Waals surface area contributed by atoms with Gasteiger partial charge in [0.05, 0.1) is 6.61 Å². The van der Waals surface area contributed by atoms with Crippen LogP contribution in [0, 0.1) is 0 Å². The van der Waals surface area contributed by atoms with E-state index in [4.69, 9.17) is 34.0 Å². The Balaban J connectivity index is 1.40. The zero-order chi connectivity index (χ0) is 28.1. The molecule has 13 heteroatoms. The van der Waals surface area contributed by atoms with Crippen molar-refractivity contribution in [3.8, 4) is 0 Å². The number of likely N-dealkylation sites (tertiary alicyclic amines) is 1. The van der Waals surface area contributed by atoms with Gasteiger partial charge < -0.3 is 26.2 Å². The van der Waals surface area contributed by atoms with Crippen LogP contribution in [0.1, 0.15) is 48.3 Å². The molecule has 1 aromatic carbocycles. The number of halogens is 2. The molecular formula is C26H35Cl2N7O4. The number of rotatable bonds is 9. The first-order valence-electron chi connectivity index (χ1n) is 13.2. The predicted octanol–water partition coefficient (Wildman–Crippen LogP) is 2.28. The summed E-state index contributed by atoms with van der Waals surface area (Å²) in [5, 5.41) is 22.1. The van der Waals surface area contributed by atoms with Crippen molar-refractivity contribution in [2.75, 3.05) is 56.5 Å². The van der Waals surface area contributed by atoms with Crippen molar-refractivity contribution in [1.82, 2.24) is 25.1 Å². The second-order valence-corrected chi connectivity index (χ2v) is 10.7. The fourth-order valence-corrected chi connectivity index (χ4v) is 5.95. The van der Waals surface area contributed by atoms with Crippen LogP contribution in [0.3, 0.4) is 0 Å². The van der Waals surface area contributed by atoms with E-state index in [9.17, 15) is 14.7 Å². The van der Waals surface area contributed by atoms with Crippen molar-refractivity contribution >= 4 is 46.7 Å². The van der Waals surface area contributed by atoms with Crippen LogP contribution in [0.5, 0.6) is 0 Å². The molecule has 2 aromatic rings. The Morgan fingerprint density at radius 2 is 1.82 bits per heavy atom. The van der Waals surface area contributed by atoms with Crippen LogP contribution in [0.15, 0.2) is 24.3 Å². The molecule has 2 aliphatic heterocycles. The average Bonchev–Trinajstić information content (AvgIpc) is 2.93. The van der Waals surface area contributed by atoms with E-state index < -0.39 is 17.9 Å². The molecule has 2 fully saturated rings. The number of nitrogens with two attached hydrogens (primary N) is 1. The summed E-state index contributed by atoms with van der Waals surface area (Å²) in [7, 11) is 0. The first-order chi connectivity index (χ1) is 18.7. The van der Waals surface area contributed by atoms with Crippen molar-refractivity contribution in [3.63, 3.8) is 0 Å². The number of anilines is 2. The van der Waals surface area contributed by atoms with Gasteiger partial charge in [-0.1, -0.05) is 42.3 Å². The van der Waals surface area contributed by atoms with E-state index >= 15 is 0 Å². The van der Waals surface area contributed by atoms with Crippen LogP contribution >= 0.6 is 23.2 Å². The SMILES string of the molecule is CC[C@H]1CN(c2nc(N)c(C(=O)NCCO)nc2Cl)CCN1C1CCN([C@H](C(=O)O)c2ccc(Cl)cc2)CC1. The summed E-state index contributed by atoms with van der Waals surface area (Å²) >= 11 is 12.4. The number of aromatic nitrogens is 2. The molecular weight excluding hydrogens is 545 g/mol. The van der Waals surface area contributed by atoms with Crippen molar-refractivity contribution in [1.29, 1.82) is 0 Å². The summed E-state index contributed by atoms with van der Waals surface area (Å²) in [6.07, 6.45) is 2.67. The van der Waals surface area contributed by atoms with Crippen molar-refractivity contribution in [2.45, 2.75) is 44.3 Å². The topological polar surface area (TPSA) is 148 Å². The maximum absolute atomic E-state index is 12.3. The van der Waals surface area contributed by atoms with Crippen LogP contribution < -0.4 is 16.0 Å². The summed E-state index contributed by atoms with van der Waals surface area (Å²) in [6.45, 7) is 5.55. The lowest BCUT2D eigenvalue weighted by atomic mass is 9.95. The largest absolute Gasteiger partial charge is 0.480 e. The highest BCUT2D eigenvalue weighted by atomic mass is 35.5. The second-order valence-electron chi connectivity index (χ2n) is 9.86. The Kier molecular flexibility index (Phi) is 9.84. The predicted molar refractivity (Wildman–Crippen MR) is 150 cm³/mol. The number of benzene rings is 1. The highest BCUT2D eigenvalue weighted by molar-refractivity contribution is 6.32. The molecule has 3 heterocycles. The van der Waals surface area contributed by atoms with Gasteiger partial charge in [-0.05, 0) is 37.0 Å². The standard InChI is InChI=1S/C26H35Cl2N7O4/c1-2-18-15-34(24-22(28)31-20(23(29)32-24)25(37)30-9-14-36)12-13-35(18)19-7-10-33(11-8-19)21(26(38)39)16-3-5-17(27)6-4-16/h3-6,18-19,21,36H,2,7-15H2,1H3,(H2,29,32)(H,30,37)(H,38,39)/t18-,21-/m0/s1. The Hall–Kier alpha value is -2.70. The van der Waals surface area contributed by atoms with Crippen molar-refractivity contribution in [2.24, 2.45) is 0 Å². The van der Waals surface area contributed by atoms with E-state index in [-0.39, 0.29) is 35.9 Å². The van der Waals surface area contributed by atoms with Crippen molar-refractivity contribution in [3.05, 3.63) is 45.7 Å². The first kappa shape index (κ1) is 29.3. The van der Waals surface area contributed by atoms with Gasteiger partial charge in [0.25, 0.3) is 5.91 Å². The van der Waals surface area contributed by atoms with Crippen molar-refractivity contribution < 1.29 is 19.8 Å². The van der Waals surface area contributed by atoms with E-state index in [0.29, 0.717) is 43.1 Å². The lowest BCUT2D eigenvalue weighted by Gasteiger charge is -2.48. The molecule has 0 unspecified atom stereocenters. The number of aliphatic hydroxyl groups is 1. The van der Waals surface area contributed by atoms with Crippen LogP contribution in [0.2, 0.25) is 10.2 Å². The molecule has 0 spiro atoms. The molecule has 0 radical (unpaired) electrons. The summed E-state index contributed by atoms with van der Waals surface area (Å²) in [5.74, 6) is -0.953. The number of aliphatic hydroxyl groups excluding tert-OH is 1. The average molecular weight is 581 g/mol. The third-order valence-electron chi connectivity index (χ3n) is 7.53. The Morgan fingerprint density at radius 1 is 1.13 bits per heavy atom. The van der Waals surface area contributed by atoms with E-state index in [0.717, 1.165) is 31.4 Å². The summed E-state index contributed by atoms with van der Waals surface area (Å²) in [4.78, 5) is 39.6. The first-order valence-corrected chi connectivity index (χ1v) is 13.9. The van der Waals surface area contributed by atoms with Crippen LogP contribution in [-0.4, -0.2) is 99.8 Å². The Morgan fingerprint density at radius 3 is 2.44 bits per heavy atom. The fourth-order valence-electron chi connectivity index (χ4n) is 5.58. The number of aliphatic carboxylic acids is 1. The van der Waals surface area contributed by atoms with Gasteiger partial charge >= 0.3 is 5.97 Å². The number of piperazine rings is 1. The lowest BCUT2D eigenvalue weighted by molar-refractivity contribution is -0.144. The van der Waals surface area contributed by atoms with Gasteiger partial charge in [0.2, 0.25) is 0 Å². The zero-order valence-electron chi connectivity index (χ0n) is 21.9. The molecule has 212 valence electrons. The number of hydrogen-bond donors (Lipinski definition) is 4. The molecule has 11 nitrogen and oxygen atoms in total. The van der Waals surface area contributed by atoms with E-state index in [2.05, 4.69) is 32.0 Å². The highest BCUT2D eigenvalue weighted by Gasteiger charge is 2.37. The maximum Gasteiger partial charge on any atom is 0.325 e. The molecule has 1 aromatic heterocycles. The van der Waals surface area contributed by atoms with E-state index in [1.807, 2.05) is 4.90 Å². The quantitative estimate of drug-likeness (QED) is 0.348. The molecule has 5 N–H and O–H groups in total. The molecule has 0 saturated carbocycles. The second kappa shape index (κ2) is 13.1. The smallest absolute Gasteiger partial charge is 0.325 e. The normalized spacial score (nSPS) is 20.1. The van der Waals surface area contributed by atoms with Crippen LogP contribution in [0.25, 0.3) is 0 Å². The van der Waals surface area contributed by atoms with E-state index in [1.165, 1.54) is 0 Å². The summed E-state index contributed by atoms with van der Waals surface area (Å²) in [6, 6.07) is 6.93. The van der Waals surface area contributed by atoms with Gasteiger partial charge in [0.1, 0.15) is 6.04 Å². The third kappa shape index (κ3) is 6.72. The van der Waals surface area contributed by atoms with Gasteiger partial charge in [0, 0.05) is 56.4 Å². The number of carbonyl (C=O) groups is 2. The van der Waals surface area contributed by atoms with Crippen LogP contribution in [-0.2, 0) is 4.79 Å². The molecule has 4 rings (SSSR count). The Labute approximate surface area is 237 Å². The molecule has 2 saturated heterocycles. The third-order valence-corrected chi connectivity index (χ3v) is 8.03. The number of amides is 1. The number of nitrogens with zero attached hydrogens (tertiary/aromatic N) is 5. The zero-order valence-corrected chi connectivity index (χ0v) is 23.4. The monoisotopic (exact) mass is 579 g/mol. The van der Waals surface area contributed by atoms with Crippen LogP contribution in [0.4, 0.5) is 11.6 Å². The number of carboxylic acid groups (broad SMARTS) is 1. The number of carboxylic acids is 1. The number of nitrogen functional groups attached to an aromatic ring is 1. The summed E-state index contributed by atoms with van der Waals surface area (Å²) in [5.41, 5.74) is 6.72. The number of piperidine rings is 1. The van der Waals surface area contributed by atoms with E-state index in [1.54, 1.807) is 24.3 Å². The number of hydrogen-bond acceptors (Lipinski definition) is 9. The minimum atomic E-state index is -0.857. The molecule has 39 heavy (non-hydrogen) atoms. The lowest BCUT2D eigenvalue weighted by Crippen LogP contribution is -2.58. The minimum Gasteiger partial charge on any atom is -0.480 e.